The number of nitrogens with one attached hydrogen (secondary N) is 1. The molecule has 0 spiro atoms. The minimum absolute atomic E-state index is 0.0566. The summed E-state index contributed by atoms with van der Waals surface area (Å²) >= 11 is 0. The molecule has 3 aromatic rings. The normalized spacial score (nSPS) is 13.1. The highest BCUT2D eigenvalue weighted by molar-refractivity contribution is 5.97. The Balaban J connectivity index is 1.32. The van der Waals surface area contributed by atoms with Crippen molar-refractivity contribution in [3.05, 3.63) is 59.9 Å². The molecule has 0 unspecified atom stereocenters. The highest BCUT2D eigenvalue weighted by atomic mass is 16.2. The lowest BCUT2D eigenvalue weighted by molar-refractivity contribution is -0.122. The Morgan fingerprint density at radius 1 is 1.07 bits per heavy atom. The zero-order chi connectivity index (χ0) is 21.1. The summed E-state index contributed by atoms with van der Waals surface area (Å²) in [5, 5.41) is 7.23. The molecule has 1 aliphatic heterocycles. The number of carbonyl (C=O) groups excluding carboxylic acids is 2. The van der Waals surface area contributed by atoms with Crippen molar-refractivity contribution in [2.24, 2.45) is 0 Å². The maximum atomic E-state index is 12.6. The van der Waals surface area contributed by atoms with Crippen LogP contribution < -0.4 is 10.2 Å². The Morgan fingerprint density at radius 3 is 2.70 bits per heavy atom. The minimum Gasteiger partial charge on any atom is -0.325 e. The van der Waals surface area contributed by atoms with Gasteiger partial charge in [0.1, 0.15) is 5.82 Å². The Kier molecular flexibility index (Phi) is 5.61. The lowest BCUT2D eigenvalue weighted by atomic mass is 10.1. The monoisotopic (exact) mass is 403 g/mol. The van der Waals surface area contributed by atoms with Crippen molar-refractivity contribution in [2.75, 3.05) is 16.8 Å². The highest BCUT2D eigenvalue weighted by Gasteiger charge is 2.24. The molecule has 0 radical (unpaired) electrons. The summed E-state index contributed by atoms with van der Waals surface area (Å²) in [6, 6.07) is 13.7. The van der Waals surface area contributed by atoms with Gasteiger partial charge < -0.3 is 5.32 Å². The smallest absolute Gasteiger partial charge is 0.228 e. The average molecular weight is 403 g/mol. The van der Waals surface area contributed by atoms with Gasteiger partial charge in [0.2, 0.25) is 11.8 Å². The molecule has 154 valence electrons. The predicted molar refractivity (Wildman–Crippen MR) is 116 cm³/mol. The van der Waals surface area contributed by atoms with Gasteiger partial charge >= 0.3 is 0 Å². The fraction of sp³-hybridized carbons (Fsp3) is 0.304. The molecular weight excluding hydrogens is 378 g/mol. The van der Waals surface area contributed by atoms with Crippen LogP contribution in [0.5, 0.6) is 0 Å². The molecule has 3 heterocycles. The Labute approximate surface area is 175 Å². The van der Waals surface area contributed by atoms with E-state index in [0.717, 1.165) is 35.7 Å². The van der Waals surface area contributed by atoms with Crippen LogP contribution in [0.2, 0.25) is 0 Å². The maximum absolute atomic E-state index is 12.6. The number of pyridine rings is 1. The predicted octanol–water partition coefficient (Wildman–Crippen LogP) is 3.72. The maximum Gasteiger partial charge on any atom is 0.228 e. The van der Waals surface area contributed by atoms with Gasteiger partial charge in [-0.15, -0.1) is 0 Å². The van der Waals surface area contributed by atoms with Crippen molar-refractivity contribution in [2.45, 2.75) is 39.7 Å². The van der Waals surface area contributed by atoms with Gasteiger partial charge in [0.15, 0.2) is 0 Å². The van der Waals surface area contributed by atoms with Gasteiger partial charge in [0.25, 0.3) is 0 Å². The first-order valence-corrected chi connectivity index (χ1v) is 10.2. The van der Waals surface area contributed by atoms with E-state index in [0.29, 0.717) is 12.2 Å². The van der Waals surface area contributed by atoms with Crippen LogP contribution in [-0.4, -0.2) is 33.1 Å². The van der Waals surface area contributed by atoms with Crippen molar-refractivity contribution in [1.82, 2.24) is 14.8 Å². The first-order chi connectivity index (χ1) is 14.5. The number of nitrogens with zero attached hydrogens (tertiary/aromatic N) is 4. The second kappa shape index (κ2) is 8.49. The first-order valence-electron chi connectivity index (χ1n) is 10.2. The van der Waals surface area contributed by atoms with Gasteiger partial charge in [-0.3, -0.25) is 19.5 Å². The molecule has 1 N–H and O–H groups in total. The van der Waals surface area contributed by atoms with Crippen molar-refractivity contribution in [3.63, 3.8) is 0 Å². The zero-order valence-electron chi connectivity index (χ0n) is 17.3. The van der Waals surface area contributed by atoms with E-state index in [2.05, 4.69) is 21.5 Å². The molecule has 1 aliphatic rings. The van der Waals surface area contributed by atoms with Gasteiger partial charge in [-0.05, 0) is 38.5 Å². The van der Waals surface area contributed by atoms with Crippen molar-refractivity contribution >= 4 is 23.3 Å². The fourth-order valence-corrected chi connectivity index (χ4v) is 3.68. The van der Waals surface area contributed by atoms with E-state index in [1.807, 2.05) is 54.9 Å². The lowest BCUT2D eigenvalue weighted by Crippen LogP contribution is -2.37. The molecule has 0 bridgehead atoms. The standard InChI is InChI=1S/C23H25N5O2/c1-16-5-3-6-18(13-16)20-8-7-19(15-24-20)25-21(29)9-10-23(30)27-11-4-12-28-22(27)14-17(2)26-28/h3,5-8,13-15H,4,9-12H2,1-2H3,(H,25,29). The molecule has 0 saturated carbocycles. The molecule has 7 heteroatoms. The molecular formula is C23H25N5O2. The third-order valence-corrected chi connectivity index (χ3v) is 5.14. The molecule has 0 saturated heterocycles. The molecule has 2 aromatic heterocycles. The Morgan fingerprint density at radius 2 is 1.93 bits per heavy atom. The quantitative estimate of drug-likeness (QED) is 0.704. The average Bonchev–Trinajstić information content (AvgIpc) is 3.12. The molecule has 0 atom stereocenters. The summed E-state index contributed by atoms with van der Waals surface area (Å²) in [7, 11) is 0. The first kappa shape index (κ1) is 19.8. The van der Waals surface area contributed by atoms with Crippen LogP contribution in [0.3, 0.4) is 0 Å². The Bertz CT molecular complexity index is 1070. The molecule has 7 nitrogen and oxygen atoms in total. The van der Waals surface area contributed by atoms with E-state index in [-0.39, 0.29) is 24.7 Å². The summed E-state index contributed by atoms with van der Waals surface area (Å²) in [6.45, 7) is 5.44. The summed E-state index contributed by atoms with van der Waals surface area (Å²) in [5.74, 6) is 0.564. The number of rotatable bonds is 5. The summed E-state index contributed by atoms with van der Waals surface area (Å²) in [5.41, 5.74) is 4.57. The van der Waals surface area contributed by atoms with Crippen LogP contribution in [0.4, 0.5) is 11.5 Å². The number of fused-ring (bicyclic) bond motifs is 1. The minimum atomic E-state index is -0.199. The number of aromatic nitrogens is 3. The number of carbonyl (C=O) groups is 2. The molecule has 2 amide bonds. The van der Waals surface area contributed by atoms with Gasteiger partial charge in [0.05, 0.1) is 23.3 Å². The SMILES string of the molecule is Cc1cccc(-c2ccc(NC(=O)CCC(=O)N3CCCn4nc(C)cc43)cn2)c1. The molecule has 30 heavy (non-hydrogen) atoms. The van der Waals surface area contributed by atoms with Crippen LogP contribution in [0.15, 0.2) is 48.7 Å². The van der Waals surface area contributed by atoms with E-state index in [4.69, 9.17) is 0 Å². The van der Waals surface area contributed by atoms with Crippen molar-refractivity contribution in [1.29, 1.82) is 0 Å². The summed E-state index contributed by atoms with van der Waals surface area (Å²) < 4.78 is 1.86. The van der Waals surface area contributed by atoms with Gasteiger partial charge in [0, 0.05) is 37.6 Å². The van der Waals surface area contributed by atoms with E-state index < -0.39 is 0 Å². The summed E-state index contributed by atoms with van der Waals surface area (Å²) in [4.78, 5) is 31.1. The molecule has 1 aromatic carbocycles. The third-order valence-electron chi connectivity index (χ3n) is 5.14. The van der Waals surface area contributed by atoms with Crippen LogP contribution in [0.1, 0.15) is 30.5 Å². The topological polar surface area (TPSA) is 80.1 Å². The number of benzene rings is 1. The number of hydrogen-bond acceptors (Lipinski definition) is 4. The molecule has 4 rings (SSSR count). The van der Waals surface area contributed by atoms with Crippen LogP contribution >= 0.6 is 0 Å². The highest BCUT2D eigenvalue weighted by Crippen LogP contribution is 2.23. The van der Waals surface area contributed by atoms with E-state index in [9.17, 15) is 9.59 Å². The Hall–Kier alpha value is -3.48. The van der Waals surface area contributed by atoms with Crippen molar-refractivity contribution < 1.29 is 9.59 Å². The van der Waals surface area contributed by atoms with E-state index in [1.54, 1.807) is 11.1 Å². The van der Waals surface area contributed by atoms with Crippen LogP contribution in [0, 0.1) is 13.8 Å². The second-order valence-corrected chi connectivity index (χ2v) is 7.62. The van der Waals surface area contributed by atoms with Crippen molar-refractivity contribution in [3.8, 4) is 11.3 Å². The summed E-state index contributed by atoms with van der Waals surface area (Å²) in [6.07, 6.45) is 2.79. The molecule has 0 aliphatic carbocycles. The number of hydrogen-bond donors (Lipinski definition) is 1. The van der Waals surface area contributed by atoms with Gasteiger partial charge in [-0.25, -0.2) is 4.68 Å². The zero-order valence-corrected chi connectivity index (χ0v) is 17.3. The fourth-order valence-electron chi connectivity index (χ4n) is 3.68. The van der Waals surface area contributed by atoms with E-state index >= 15 is 0 Å². The number of amides is 2. The van der Waals surface area contributed by atoms with E-state index in [1.165, 1.54) is 5.56 Å². The number of anilines is 2. The van der Waals surface area contributed by atoms with Gasteiger partial charge in [-0.1, -0.05) is 23.8 Å². The lowest BCUT2D eigenvalue weighted by Gasteiger charge is -2.27. The van der Waals surface area contributed by atoms with Crippen LogP contribution in [0.25, 0.3) is 11.3 Å². The third kappa shape index (κ3) is 4.40. The number of aryl methyl sites for hydroxylation is 3. The molecule has 0 fully saturated rings. The second-order valence-electron chi connectivity index (χ2n) is 7.62. The van der Waals surface area contributed by atoms with Crippen LogP contribution in [-0.2, 0) is 16.1 Å². The largest absolute Gasteiger partial charge is 0.325 e. The van der Waals surface area contributed by atoms with Gasteiger partial charge in [-0.2, -0.15) is 5.10 Å².